The van der Waals surface area contributed by atoms with Crippen molar-refractivity contribution in [3.8, 4) is 0 Å². The third kappa shape index (κ3) is 4.40. The van der Waals surface area contributed by atoms with Gasteiger partial charge in [-0.1, -0.05) is 30.3 Å². The number of hydrogen-bond acceptors (Lipinski definition) is 5. The van der Waals surface area contributed by atoms with E-state index in [1.807, 2.05) is 36.4 Å². The fraction of sp³-hybridized carbons (Fsp3) is 0.333. The number of nitrogens with one attached hydrogen (secondary N) is 2. The van der Waals surface area contributed by atoms with Gasteiger partial charge in [-0.25, -0.2) is 8.42 Å². The van der Waals surface area contributed by atoms with Crippen LogP contribution in [0.1, 0.15) is 39.4 Å². The lowest BCUT2D eigenvalue weighted by atomic mass is 9.98. The Kier molecular flexibility index (Phi) is 5.94. The summed E-state index contributed by atoms with van der Waals surface area (Å²) < 4.78 is 27.7. The lowest BCUT2D eigenvalue weighted by Gasteiger charge is -2.30. The molecule has 2 heterocycles. The third-order valence-corrected chi connectivity index (χ3v) is 9.58. The molecule has 172 valence electrons. The molecule has 2 N–H and O–H groups in total. The van der Waals surface area contributed by atoms with Crippen LogP contribution in [0.15, 0.2) is 53.4 Å². The van der Waals surface area contributed by atoms with Crippen molar-refractivity contribution in [1.82, 2.24) is 15.2 Å². The number of carbonyl (C=O) groups is 2. The molecule has 7 nitrogen and oxygen atoms in total. The van der Waals surface area contributed by atoms with E-state index in [4.69, 9.17) is 0 Å². The summed E-state index contributed by atoms with van der Waals surface area (Å²) in [6, 6.07) is 14.7. The topological polar surface area (TPSA) is 95.6 Å². The van der Waals surface area contributed by atoms with Crippen molar-refractivity contribution in [3.05, 3.63) is 63.8 Å². The van der Waals surface area contributed by atoms with E-state index in [0.717, 1.165) is 30.0 Å². The van der Waals surface area contributed by atoms with Gasteiger partial charge in [0.05, 0.1) is 9.77 Å². The van der Waals surface area contributed by atoms with Crippen molar-refractivity contribution in [3.63, 3.8) is 0 Å². The lowest BCUT2D eigenvalue weighted by Crippen LogP contribution is -2.48. The number of nitrogens with zero attached hydrogens (tertiary/aromatic N) is 1. The Morgan fingerprint density at radius 2 is 1.70 bits per heavy atom. The minimum atomic E-state index is -3.63. The second-order valence-electron chi connectivity index (χ2n) is 8.54. The fourth-order valence-corrected chi connectivity index (χ4v) is 7.21. The number of sulfonamides is 1. The maximum atomic E-state index is 13.1. The first kappa shape index (κ1) is 22.1. The number of aryl methyl sites for hydroxylation is 2. The molecular formula is C24H25N3O4S2. The van der Waals surface area contributed by atoms with Crippen LogP contribution in [0.4, 0.5) is 0 Å². The number of thiophene rings is 1. The zero-order valence-electron chi connectivity index (χ0n) is 18.0. The maximum Gasteiger partial charge on any atom is 0.279 e. The summed E-state index contributed by atoms with van der Waals surface area (Å²) in [5, 5.41) is 1.86. The predicted octanol–water partition coefficient (Wildman–Crippen LogP) is 3.25. The Morgan fingerprint density at radius 3 is 2.45 bits per heavy atom. The van der Waals surface area contributed by atoms with Crippen molar-refractivity contribution in [2.45, 2.75) is 37.0 Å². The standard InChI is InChI=1S/C24H25N3O4S2/c28-23(25-26-24(29)22-15-19-6-3-7-21(19)32-22)17-10-12-27(13-11-17)33(30,31)20-9-8-16-4-1-2-5-18(16)14-20/h1-2,4-5,8-9,14-15,17H,3,6-7,10-13H2,(H,25,28)(H,26,29). The Hall–Kier alpha value is -2.75. The molecule has 1 aromatic heterocycles. The largest absolute Gasteiger partial charge is 0.279 e. The Bertz CT molecular complexity index is 1300. The molecular weight excluding hydrogens is 458 g/mol. The van der Waals surface area contributed by atoms with Crippen LogP contribution in [-0.4, -0.2) is 37.6 Å². The van der Waals surface area contributed by atoms with Crippen molar-refractivity contribution in [1.29, 1.82) is 0 Å². The second-order valence-corrected chi connectivity index (χ2v) is 11.6. The highest BCUT2D eigenvalue weighted by atomic mass is 32.2. The van der Waals surface area contributed by atoms with Gasteiger partial charge in [-0.2, -0.15) is 4.31 Å². The molecule has 1 aliphatic carbocycles. The van der Waals surface area contributed by atoms with Gasteiger partial charge in [0.1, 0.15) is 0 Å². The van der Waals surface area contributed by atoms with E-state index < -0.39 is 10.0 Å². The highest BCUT2D eigenvalue weighted by Crippen LogP contribution is 2.30. The minimum Gasteiger partial charge on any atom is -0.273 e. The molecule has 33 heavy (non-hydrogen) atoms. The van der Waals surface area contributed by atoms with Gasteiger partial charge < -0.3 is 0 Å². The third-order valence-electron chi connectivity index (χ3n) is 6.45. The molecule has 0 atom stereocenters. The van der Waals surface area contributed by atoms with Gasteiger partial charge in [0, 0.05) is 23.9 Å². The van der Waals surface area contributed by atoms with E-state index in [-0.39, 0.29) is 35.7 Å². The Morgan fingerprint density at radius 1 is 0.939 bits per heavy atom. The van der Waals surface area contributed by atoms with E-state index in [2.05, 4.69) is 10.9 Å². The Labute approximate surface area is 196 Å². The van der Waals surface area contributed by atoms with Crippen molar-refractivity contribution in [2.75, 3.05) is 13.1 Å². The summed E-state index contributed by atoms with van der Waals surface area (Å²) in [5.41, 5.74) is 6.26. The van der Waals surface area contributed by atoms with Gasteiger partial charge in [0.25, 0.3) is 5.91 Å². The molecule has 0 radical (unpaired) electrons. The first-order chi connectivity index (χ1) is 15.9. The molecule has 0 bridgehead atoms. The monoisotopic (exact) mass is 483 g/mol. The molecule has 2 aromatic carbocycles. The van der Waals surface area contributed by atoms with Crippen LogP contribution in [-0.2, 0) is 27.7 Å². The van der Waals surface area contributed by atoms with Crippen LogP contribution in [0, 0.1) is 5.92 Å². The summed E-state index contributed by atoms with van der Waals surface area (Å²) in [6.45, 7) is 0.525. The van der Waals surface area contributed by atoms with E-state index >= 15 is 0 Å². The van der Waals surface area contributed by atoms with Crippen LogP contribution in [0.5, 0.6) is 0 Å². The van der Waals surface area contributed by atoms with Crippen molar-refractivity contribution >= 4 is 43.9 Å². The van der Waals surface area contributed by atoms with Gasteiger partial charge in [0.15, 0.2) is 0 Å². The number of hydrazine groups is 1. The average Bonchev–Trinajstić information content (AvgIpc) is 3.45. The molecule has 1 aliphatic heterocycles. The first-order valence-electron chi connectivity index (χ1n) is 11.1. The molecule has 9 heteroatoms. The smallest absolute Gasteiger partial charge is 0.273 e. The number of rotatable bonds is 4. The van der Waals surface area contributed by atoms with Crippen LogP contribution >= 0.6 is 11.3 Å². The summed E-state index contributed by atoms with van der Waals surface area (Å²) in [4.78, 5) is 27.1. The molecule has 1 saturated heterocycles. The second kappa shape index (κ2) is 8.89. The number of piperidine rings is 1. The average molecular weight is 484 g/mol. The fourth-order valence-electron chi connectivity index (χ4n) is 4.56. The highest BCUT2D eigenvalue weighted by molar-refractivity contribution is 7.89. The van der Waals surface area contributed by atoms with Gasteiger partial charge in [-0.15, -0.1) is 11.3 Å². The molecule has 0 saturated carbocycles. The first-order valence-corrected chi connectivity index (χ1v) is 13.4. The summed E-state index contributed by atoms with van der Waals surface area (Å²) >= 11 is 1.48. The number of fused-ring (bicyclic) bond motifs is 2. The predicted molar refractivity (Wildman–Crippen MR) is 127 cm³/mol. The van der Waals surface area contributed by atoms with E-state index in [0.29, 0.717) is 17.7 Å². The quantitative estimate of drug-likeness (QED) is 0.557. The van der Waals surface area contributed by atoms with Crippen LogP contribution in [0.2, 0.25) is 0 Å². The van der Waals surface area contributed by atoms with Gasteiger partial charge in [-0.3, -0.25) is 20.4 Å². The zero-order valence-corrected chi connectivity index (χ0v) is 19.7. The maximum absolute atomic E-state index is 13.1. The van der Waals surface area contributed by atoms with E-state index in [1.165, 1.54) is 26.1 Å². The SMILES string of the molecule is O=C(NNC(=O)C1CCN(S(=O)(=O)c2ccc3ccccc3c2)CC1)c1cc2c(s1)CCC2. The van der Waals surface area contributed by atoms with Gasteiger partial charge in [-0.05, 0) is 66.6 Å². The summed E-state index contributed by atoms with van der Waals surface area (Å²) in [7, 11) is -3.63. The number of hydrogen-bond donors (Lipinski definition) is 2. The number of benzene rings is 2. The van der Waals surface area contributed by atoms with E-state index in [1.54, 1.807) is 12.1 Å². The number of amides is 2. The molecule has 0 unspecified atom stereocenters. The molecule has 2 aliphatic rings. The highest BCUT2D eigenvalue weighted by Gasteiger charge is 2.32. The van der Waals surface area contributed by atoms with Crippen LogP contribution < -0.4 is 10.9 Å². The molecule has 0 spiro atoms. The Balaban J connectivity index is 1.16. The minimum absolute atomic E-state index is 0.263. The van der Waals surface area contributed by atoms with E-state index in [9.17, 15) is 18.0 Å². The van der Waals surface area contributed by atoms with Crippen molar-refractivity contribution < 1.29 is 18.0 Å². The van der Waals surface area contributed by atoms with Crippen LogP contribution in [0.3, 0.4) is 0 Å². The molecule has 5 rings (SSSR count). The summed E-state index contributed by atoms with van der Waals surface area (Å²) in [5.74, 6) is -0.934. The molecule has 2 amide bonds. The summed E-state index contributed by atoms with van der Waals surface area (Å²) in [6.07, 6.45) is 3.96. The zero-order chi connectivity index (χ0) is 23.0. The van der Waals surface area contributed by atoms with Crippen LogP contribution in [0.25, 0.3) is 10.8 Å². The lowest BCUT2D eigenvalue weighted by molar-refractivity contribution is -0.126. The molecule has 3 aromatic rings. The van der Waals surface area contributed by atoms with Gasteiger partial charge >= 0.3 is 0 Å². The molecule has 1 fully saturated rings. The number of carbonyl (C=O) groups excluding carboxylic acids is 2. The van der Waals surface area contributed by atoms with Crippen molar-refractivity contribution in [2.24, 2.45) is 5.92 Å². The normalized spacial score (nSPS) is 17.1. The van der Waals surface area contributed by atoms with Gasteiger partial charge in [0.2, 0.25) is 15.9 Å².